The Kier molecular flexibility index (Phi) is 35.9. The maximum absolute atomic E-state index is 14.4. The zero-order valence-corrected chi connectivity index (χ0v) is 85.8. The standard InChI is InChI=1S/C27H34N6O5.C27H36N6O4.C25H35N7O4.C24H32FN7O3/c1-36-22-6-9-28-20-14-29-25(24(20)22)16-7-10-33(11-8-16)23-13-19(26(35)30-18-4-5-21(18)34)31-27(32-23)38-15-17-3-2-12-37-17;1-16-5-6-19(16)30-26(34)20-13-23(32-27(31-20)37-17(2)15-35-3)33-11-8-18(9-12-33)25-24-21(14-29-25)28-10-7-22(24)36-4;1-6-15(2)28-23(33)22-29-24(31-25(30-22)36-16(3)14-34-4)32-11-8-17(9-12-32)18-13-27-21-20(18)19(35-5)7-10-26-21;1-5-14(2)27-23(33)18-12-19(29-24(28-18)35-15(3)13-34-4)32-10-7-16(8-11-32)21-20-17(25)6-9-26-22(20)31-30-21/h6,9,13,16-18,21,34H,2-5,7-8,10-12,14-15H2,1H3,(H,30,35);7,10,13,16-19H,5-6,8-9,11-12,14-15H2,1-4H3,(H,30,34);7,10,13,15-17H,6,8-9,11-12,14H2,1-5H3,(H,26,27)(H,28,33);6,9,12,14-16H,5,7-8,10-11,13H2,1-4H3,(H,27,33)(H,26,30,31)/t17-,18-,21+;16?,17-,19?;15-,16-;14-,15-/m0111/s1. The minimum absolute atomic E-state index is 0.00731. The van der Waals surface area contributed by atoms with Gasteiger partial charge in [-0.05, 0) is 179 Å². The van der Waals surface area contributed by atoms with Crippen molar-refractivity contribution in [3.63, 3.8) is 0 Å². The summed E-state index contributed by atoms with van der Waals surface area (Å²) in [6, 6.07) is 12.8. The van der Waals surface area contributed by atoms with Crippen LogP contribution in [-0.4, -0.2) is 303 Å². The average molecular weight is 2010 g/mol. The average Bonchev–Trinajstić information content (AvgIpc) is 1.62. The first kappa shape index (κ1) is 105. The Hall–Kier alpha value is -13.4. The maximum Gasteiger partial charge on any atom is 0.322 e. The van der Waals surface area contributed by atoms with E-state index in [1.54, 1.807) is 79.4 Å². The highest BCUT2D eigenvalue weighted by Crippen LogP contribution is 2.42. The molecule has 7 aliphatic heterocycles. The SMILES string of the molecule is CC[C@@H](C)NC(=O)c1cc(N2CCC(c3[nH]nc4nccc(F)c34)CC2)nc(O[C@H](C)COC)n1.CC[C@@H](C)NC(=O)c1nc(O[C@H](C)COC)nc(N2CCC(c3c[nH]c4nccc(OC)c34)CC2)n1.COC[C@@H](C)Oc1nc(C(=O)NC2CCC2C)cc(N2CCC(C3=NCc4nccc(OC)c43)CC2)n1.COc1ccnc2c1C(C1CCN(c3cc(C(=O)N[C@H]4CC[C@H]4O)nc(OC[C@@H]4CCCO4)n3)CC1)=NC2. The van der Waals surface area contributed by atoms with E-state index in [0.717, 1.165) is 210 Å². The van der Waals surface area contributed by atoms with Crippen LogP contribution in [0.25, 0.3) is 22.1 Å². The van der Waals surface area contributed by atoms with Gasteiger partial charge in [0.15, 0.2) is 5.65 Å². The smallest absolute Gasteiger partial charge is 0.322 e. The molecule has 43 heteroatoms. The number of carbonyl (C=O) groups excluding carboxylic acids is 4. The molecule has 0 bridgehead atoms. The molecule has 9 aliphatic rings. The number of halogens is 1. The molecule has 7 fully saturated rings. The van der Waals surface area contributed by atoms with Crippen molar-refractivity contribution >= 4 is 80.5 Å². The molecule has 4 amide bonds. The molecule has 10 aromatic rings. The Morgan fingerprint density at radius 3 is 1.46 bits per heavy atom. The van der Waals surface area contributed by atoms with E-state index in [1.165, 1.54) is 17.8 Å². The van der Waals surface area contributed by atoms with Gasteiger partial charge >= 0.3 is 24.0 Å². The Labute approximate surface area is 848 Å². The van der Waals surface area contributed by atoms with Crippen LogP contribution in [0.2, 0.25) is 0 Å². The summed E-state index contributed by atoms with van der Waals surface area (Å²) < 4.78 is 75.9. The van der Waals surface area contributed by atoms with Gasteiger partial charge in [0.1, 0.15) is 88.2 Å². The van der Waals surface area contributed by atoms with Crippen molar-refractivity contribution in [3.8, 4) is 41.3 Å². The highest BCUT2D eigenvalue weighted by molar-refractivity contribution is 6.08. The fourth-order valence-corrected chi connectivity index (χ4v) is 19.5. The minimum atomic E-state index is -0.507. The third-order valence-corrected chi connectivity index (χ3v) is 28.4. The Balaban J connectivity index is 0.000000139. The van der Waals surface area contributed by atoms with Crippen LogP contribution < -0.4 is 74.0 Å². The number of carbonyl (C=O) groups is 4. The summed E-state index contributed by atoms with van der Waals surface area (Å²) in [5.74, 6) is 5.06. The third kappa shape index (κ3) is 25.8. The molecule has 2 saturated carbocycles. The summed E-state index contributed by atoms with van der Waals surface area (Å²) in [4.78, 5) is 131. The molecule has 146 heavy (non-hydrogen) atoms. The largest absolute Gasteiger partial charge is 0.496 e. The van der Waals surface area contributed by atoms with Crippen LogP contribution in [0.4, 0.5) is 27.8 Å². The normalized spacial score (nSPS) is 20.0. The van der Waals surface area contributed by atoms with Crippen molar-refractivity contribution in [2.45, 2.75) is 238 Å². The van der Waals surface area contributed by atoms with Crippen LogP contribution in [0.1, 0.15) is 246 Å². The summed E-state index contributed by atoms with van der Waals surface area (Å²) in [5, 5.41) is 30.4. The number of aromatic nitrogens is 16. The molecule has 0 radical (unpaired) electrons. The van der Waals surface area contributed by atoms with E-state index < -0.39 is 6.10 Å². The van der Waals surface area contributed by atoms with Gasteiger partial charge < -0.3 is 103 Å². The van der Waals surface area contributed by atoms with Gasteiger partial charge in [0.25, 0.3) is 23.6 Å². The zero-order chi connectivity index (χ0) is 103. The van der Waals surface area contributed by atoms with Crippen molar-refractivity contribution in [1.29, 1.82) is 0 Å². The van der Waals surface area contributed by atoms with E-state index in [2.05, 4.69) is 128 Å². The number of pyridine rings is 4. The predicted octanol–water partition coefficient (Wildman–Crippen LogP) is 11.2. The molecular weight excluding hydrogens is 1880 g/mol. The molecular formula is C103H137FN26O16. The highest BCUT2D eigenvalue weighted by Gasteiger charge is 2.39. The van der Waals surface area contributed by atoms with E-state index in [1.807, 2.05) is 72.9 Å². The molecule has 0 aromatic carbocycles. The lowest BCUT2D eigenvalue weighted by molar-refractivity contribution is 0.0444. The molecule has 2 aliphatic carbocycles. The zero-order valence-electron chi connectivity index (χ0n) is 85.8. The Morgan fingerprint density at radius 1 is 0.500 bits per heavy atom. The van der Waals surface area contributed by atoms with Crippen molar-refractivity contribution in [1.82, 2.24) is 101 Å². The molecule has 5 saturated heterocycles. The molecule has 19 rings (SSSR count). The fourth-order valence-electron chi connectivity index (χ4n) is 19.5. The summed E-state index contributed by atoms with van der Waals surface area (Å²) >= 11 is 0. The Morgan fingerprint density at radius 2 is 0.973 bits per heavy atom. The monoisotopic (exact) mass is 2010 g/mol. The molecule has 42 nitrogen and oxygen atoms in total. The maximum atomic E-state index is 14.4. The van der Waals surface area contributed by atoms with Crippen molar-refractivity contribution in [2.24, 2.45) is 27.7 Å². The van der Waals surface area contributed by atoms with Crippen molar-refractivity contribution < 1.29 is 80.8 Å². The van der Waals surface area contributed by atoms with Crippen molar-refractivity contribution in [2.75, 3.05) is 148 Å². The number of aliphatic imine (C=N–C) groups is 2. The number of aliphatic hydroxyl groups is 1. The van der Waals surface area contributed by atoms with Gasteiger partial charge in [-0.15, -0.1) is 0 Å². The van der Waals surface area contributed by atoms with Gasteiger partial charge in [-0.2, -0.15) is 50.0 Å². The predicted molar refractivity (Wildman–Crippen MR) is 544 cm³/mol. The number of H-pyrrole nitrogens is 2. The van der Waals surface area contributed by atoms with Gasteiger partial charge in [0, 0.05) is 165 Å². The molecule has 10 aromatic heterocycles. The fraction of sp³-hybridized carbons (Fsp3) is 0.573. The second-order valence-corrected chi connectivity index (χ2v) is 38.7. The number of aliphatic hydroxyl groups excluding tert-OH is 1. The lowest BCUT2D eigenvalue weighted by Gasteiger charge is -2.35. The number of aromatic amines is 2. The van der Waals surface area contributed by atoms with Gasteiger partial charge in [-0.1, -0.05) is 20.8 Å². The van der Waals surface area contributed by atoms with Crippen LogP contribution in [0.5, 0.6) is 41.3 Å². The number of fused-ring (bicyclic) bond motifs is 4. The van der Waals surface area contributed by atoms with Crippen LogP contribution in [0.15, 0.2) is 83.4 Å². The van der Waals surface area contributed by atoms with Crippen LogP contribution in [0.3, 0.4) is 0 Å². The first-order valence-electron chi connectivity index (χ1n) is 51.0. The minimum Gasteiger partial charge on any atom is -0.496 e. The number of nitrogens with zero attached hydrogens (tertiary/aromatic N) is 20. The molecule has 17 heterocycles. The number of ether oxygens (including phenoxy) is 11. The van der Waals surface area contributed by atoms with E-state index in [4.69, 9.17) is 62.1 Å². The number of amides is 4. The second kappa shape index (κ2) is 49.7. The number of piperidine rings is 4. The highest BCUT2D eigenvalue weighted by atomic mass is 19.1. The van der Waals surface area contributed by atoms with E-state index in [-0.39, 0.29) is 125 Å². The molecule has 2 unspecified atom stereocenters. The topological polar surface area (TPSA) is 488 Å². The quantitative estimate of drug-likeness (QED) is 0.0192. The number of anilines is 4. The van der Waals surface area contributed by atoms with Gasteiger partial charge in [-0.25, -0.2) is 14.4 Å². The summed E-state index contributed by atoms with van der Waals surface area (Å²) in [6.45, 7) is 25.0. The number of hydrogen-bond acceptors (Lipinski definition) is 36. The molecule has 7 N–H and O–H groups in total. The van der Waals surface area contributed by atoms with E-state index >= 15 is 0 Å². The van der Waals surface area contributed by atoms with Gasteiger partial charge in [0.05, 0.1) is 123 Å². The van der Waals surface area contributed by atoms with Gasteiger partial charge in [0.2, 0.25) is 11.8 Å². The Bertz CT molecular complexity index is 6180. The summed E-state index contributed by atoms with van der Waals surface area (Å²) in [7, 11) is 9.87. The lowest BCUT2D eigenvalue weighted by Crippen LogP contribution is -2.50. The first-order valence-corrected chi connectivity index (χ1v) is 51.0. The van der Waals surface area contributed by atoms with E-state index in [0.29, 0.717) is 123 Å². The lowest BCUT2D eigenvalue weighted by atomic mass is 9.81. The first-order chi connectivity index (χ1) is 70.9. The second-order valence-electron chi connectivity index (χ2n) is 38.7. The van der Waals surface area contributed by atoms with E-state index in [9.17, 15) is 28.7 Å². The number of hydrogen-bond donors (Lipinski definition) is 7. The van der Waals surface area contributed by atoms with Gasteiger partial charge in [-0.3, -0.25) is 44.2 Å². The van der Waals surface area contributed by atoms with Crippen LogP contribution >= 0.6 is 0 Å². The molecule has 10 atom stereocenters. The molecule has 782 valence electrons. The van der Waals surface area contributed by atoms with Crippen LogP contribution in [0, 0.1) is 23.6 Å². The third-order valence-electron chi connectivity index (χ3n) is 28.4. The summed E-state index contributed by atoms with van der Waals surface area (Å²) in [5.41, 5.74) is 10.2. The van der Waals surface area contributed by atoms with Crippen LogP contribution in [-0.2, 0) is 32.0 Å². The number of nitrogens with one attached hydrogen (secondary N) is 6. The van der Waals surface area contributed by atoms with Crippen molar-refractivity contribution in [3.05, 3.63) is 136 Å². The number of methoxy groups -OCH3 is 6. The number of rotatable bonds is 36. The molecule has 0 spiro atoms. The summed E-state index contributed by atoms with van der Waals surface area (Å²) in [6.07, 6.45) is 21.5.